The second-order valence-corrected chi connectivity index (χ2v) is 5.86. The minimum absolute atomic E-state index is 0.163. The molecule has 0 aromatic carbocycles. The van der Waals surface area contributed by atoms with Gasteiger partial charge in [0.2, 0.25) is 10.0 Å². The van der Waals surface area contributed by atoms with E-state index < -0.39 is 15.3 Å². The lowest BCUT2D eigenvalue weighted by Gasteiger charge is -2.22. The molecule has 0 radical (unpaired) electrons. The second kappa shape index (κ2) is 4.28. The smallest absolute Gasteiger partial charge is 0.211 e. The van der Waals surface area contributed by atoms with Gasteiger partial charge in [-0.05, 0) is 26.2 Å². The van der Waals surface area contributed by atoms with Crippen LogP contribution in [0.25, 0.3) is 0 Å². The van der Waals surface area contributed by atoms with E-state index in [1.165, 1.54) is 11.2 Å². The maximum atomic E-state index is 11.8. The van der Waals surface area contributed by atoms with Crippen LogP contribution in [0.3, 0.4) is 0 Å². The highest BCUT2D eigenvalue weighted by Crippen LogP contribution is 2.30. The van der Waals surface area contributed by atoms with Crippen molar-refractivity contribution >= 4 is 10.0 Å². The highest BCUT2D eigenvalue weighted by atomic mass is 32.2. The minimum atomic E-state index is -3.38. The Kier molecular flexibility index (Phi) is 3.51. The van der Waals surface area contributed by atoms with Gasteiger partial charge in [-0.1, -0.05) is 6.92 Å². The van der Waals surface area contributed by atoms with Crippen LogP contribution in [0.4, 0.5) is 0 Å². The summed E-state index contributed by atoms with van der Waals surface area (Å²) in [5.41, 5.74) is 0. The first-order valence-corrected chi connectivity index (χ1v) is 6.44. The van der Waals surface area contributed by atoms with Crippen molar-refractivity contribution in [3.63, 3.8) is 0 Å². The molecule has 0 bridgehead atoms. The molecule has 0 heterocycles. The van der Waals surface area contributed by atoms with Crippen molar-refractivity contribution in [1.82, 2.24) is 4.31 Å². The Morgan fingerprint density at radius 2 is 2.14 bits per heavy atom. The average Bonchev–Trinajstić information content (AvgIpc) is 2.95. The van der Waals surface area contributed by atoms with Crippen LogP contribution in [0, 0.1) is 11.3 Å². The van der Waals surface area contributed by atoms with E-state index in [1.54, 1.807) is 6.07 Å². The molecule has 1 aliphatic rings. The van der Waals surface area contributed by atoms with E-state index in [9.17, 15) is 8.42 Å². The van der Waals surface area contributed by atoms with Crippen molar-refractivity contribution in [3.05, 3.63) is 0 Å². The molecular weight excluding hydrogens is 200 g/mol. The molecule has 0 aromatic rings. The van der Waals surface area contributed by atoms with Crippen LogP contribution in [0.15, 0.2) is 0 Å². The van der Waals surface area contributed by atoms with Crippen molar-refractivity contribution in [2.75, 3.05) is 6.54 Å². The first-order chi connectivity index (χ1) is 6.54. The summed E-state index contributed by atoms with van der Waals surface area (Å²) in [5.74, 6) is 0. The molecule has 1 unspecified atom stereocenters. The Morgan fingerprint density at radius 3 is 2.50 bits per heavy atom. The lowest BCUT2D eigenvalue weighted by Crippen LogP contribution is -2.39. The number of sulfonamides is 1. The van der Waals surface area contributed by atoms with Gasteiger partial charge in [-0.25, -0.2) is 8.42 Å². The average molecular weight is 216 g/mol. The van der Waals surface area contributed by atoms with Crippen LogP contribution in [0.5, 0.6) is 0 Å². The number of nitriles is 1. The summed E-state index contributed by atoms with van der Waals surface area (Å²) >= 11 is 0. The second-order valence-electron chi connectivity index (χ2n) is 3.66. The zero-order valence-corrected chi connectivity index (χ0v) is 9.42. The summed E-state index contributed by atoms with van der Waals surface area (Å²) in [7, 11) is -3.38. The zero-order chi connectivity index (χ0) is 10.8. The highest BCUT2D eigenvalue weighted by molar-refractivity contribution is 7.90. The first-order valence-electron chi connectivity index (χ1n) is 4.94. The SMILES string of the molecule is CCCN(C1CC1)S(=O)(=O)C(C)C#N. The molecule has 0 saturated heterocycles. The van der Waals surface area contributed by atoms with E-state index in [1.807, 2.05) is 6.92 Å². The Labute approximate surface area is 85.6 Å². The summed E-state index contributed by atoms with van der Waals surface area (Å²) in [6.07, 6.45) is 2.68. The van der Waals surface area contributed by atoms with Gasteiger partial charge >= 0.3 is 0 Å². The van der Waals surface area contributed by atoms with Gasteiger partial charge < -0.3 is 0 Å². The van der Waals surface area contributed by atoms with Gasteiger partial charge in [0.05, 0.1) is 6.07 Å². The Morgan fingerprint density at radius 1 is 1.57 bits per heavy atom. The zero-order valence-electron chi connectivity index (χ0n) is 8.60. The van der Waals surface area contributed by atoms with Crippen LogP contribution >= 0.6 is 0 Å². The predicted octanol–water partition coefficient (Wildman–Crippen LogP) is 1.10. The molecule has 1 saturated carbocycles. The van der Waals surface area contributed by atoms with Crippen molar-refractivity contribution in [3.8, 4) is 6.07 Å². The van der Waals surface area contributed by atoms with Crippen LogP contribution in [0.1, 0.15) is 33.1 Å². The third-order valence-corrected chi connectivity index (χ3v) is 4.49. The standard InChI is InChI=1S/C9H16N2O2S/c1-3-6-11(9-4-5-9)14(12,13)8(2)7-10/h8-9H,3-6H2,1-2H3. The van der Waals surface area contributed by atoms with Gasteiger partial charge in [0.25, 0.3) is 0 Å². The summed E-state index contributed by atoms with van der Waals surface area (Å²) < 4.78 is 25.2. The first kappa shape index (κ1) is 11.5. The van der Waals surface area contributed by atoms with E-state index in [0.717, 1.165) is 19.3 Å². The van der Waals surface area contributed by atoms with Gasteiger partial charge in [0, 0.05) is 12.6 Å². The molecule has 1 rings (SSSR count). The molecule has 0 aromatic heterocycles. The maximum Gasteiger partial charge on any atom is 0.230 e. The number of hydrogen-bond donors (Lipinski definition) is 0. The van der Waals surface area contributed by atoms with Crippen LogP contribution in [0.2, 0.25) is 0 Å². The summed E-state index contributed by atoms with van der Waals surface area (Å²) in [6, 6.07) is 1.96. The Hall–Kier alpha value is -0.600. The molecule has 80 valence electrons. The summed E-state index contributed by atoms with van der Waals surface area (Å²) in [4.78, 5) is 0. The molecule has 0 aliphatic heterocycles. The number of hydrogen-bond acceptors (Lipinski definition) is 3. The molecule has 1 fully saturated rings. The molecule has 0 spiro atoms. The largest absolute Gasteiger partial charge is 0.230 e. The molecule has 0 amide bonds. The fraction of sp³-hybridized carbons (Fsp3) is 0.889. The van der Waals surface area contributed by atoms with Crippen LogP contribution in [-0.2, 0) is 10.0 Å². The fourth-order valence-electron chi connectivity index (χ4n) is 1.37. The van der Waals surface area contributed by atoms with Gasteiger partial charge in [-0.3, -0.25) is 0 Å². The molecule has 1 atom stereocenters. The highest BCUT2D eigenvalue weighted by Gasteiger charge is 2.39. The van der Waals surface area contributed by atoms with E-state index in [2.05, 4.69) is 0 Å². The van der Waals surface area contributed by atoms with Crippen molar-refractivity contribution in [2.24, 2.45) is 0 Å². The van der Waals surface area contributed by atoms with Crippen molar-refractivity contribution in [2.45, 2.75) is 44.4 Å². The Bertz CT molecular complexity index is 327. The summed E-state index contributed by atoms with van der Waals surface area (Å²) in [6.45, 7) is 3.93. The third-order valence-electron chi connectivity index (χ3n) is 2.35. The van der Waals surface area contributed by atoms with Crippen LogP contribution < -0.4 is 0 Å². The lowest BCUT2D eigenvalue weighted by atomic mass is 10.5. The molecule has 4 nitrogen and oxygen atoms in total. The maximum absolute atomic E-state index is 11.8. The van der Waals surface area contributed by atoms with Gasteiger partial charge in [0.1, 0.15) is 0 Å². The van der Waals surface area contributed by atoms with Crippen molar-refractivity contribution < 1.29 is 8.42 Å². The monoisotopic (exact) mass is 216 g/mol. The molecule has 1 aliphatic carbocycles. The van der Waals surface area contributed by atoms with E-state index in [-0.39, 0.29) is 6.04 Å². The third kappa shape index (κ3) is 2.25. The summed E-state index contributed by atoms with van der Waals surface area (Å²) in [5, 5.41) is 7.71. The van der Waals surface area contributed by atoms with E-state index in [4.69, 9.17) is 5.26 Å². The normalized spacial score (nSPS) is 19.3. The van der Waals surface area contributed by atoms with Gasteiger partial charge in [-0.2, -0.15) is 9.57 Å². The van der Waals surface area contributed by atoms with Crippen LogP contribution in [-0.4, -0.2) is 30.6 Å². The molecule has 0 N–H and O–H groups in total. The van der Waals surface area contributed by atoms with E-state index >= 15 is 0 Å². The number of rotatable bonds is 5. The number of nitrogens with zero attached hydrogens (tertiary/aromatic N) is 2. The Balaban J connectivity index is 2.81. The van der Waals surface area contributed by atoms with E-state index in [0.29, 0.717) is 6.54 Å². The molecule has 5 heteroatoms. The molecular formula is C9H16N2O2S. The minimum Gasteiger partial charge on any atom is -0.211 e. The fourth-order valence-corrected chi connectivity index (χ4v) is 2.97. The predicted molar refractivity (Wildman–Crippen MR) is 54.0 cm³/mol. The van der Waals surface area contributed by atoms with Gasteiger partial charge in [-0.15, -0.1) is 0 Å². The van der Waals surface area contributed by atoms with Gasteiger partial charge in [0.15, 0.2) is 5.25 Å². The molecule has 14 heavy (non-hydrogen) atoms. The topological polar surface area (TPSA) is 61.2 Å². The lowest BCUT2D eigenvalue weighted by molar-refractivity contribution is 0.401. The quantitative estimate of drug-likeness (QED) is 0.691. The van der Waals surface area contributed by atoms with Crippen molar-refractivity contribution in [1.29, 1.82) is 5.26 Å².